The lowest BCUT2D eigenvalue weighted by Crippen LogP contribution is -2.15. The van der Waals surface area contributed by atoms with E-state index in [4.69, 9.17) is 0 Å². The molecule has 1 aliphatic carbocycles. The molecular formula is C13H17N5. The number of aromatic nitrogens is 4. The van der Waals surface area contributed by atoms with Crippen LogP contribution in [0.1, 0.15) is 26.2 Å². The molecule has 1 N–H and O–H groups in total. The monoisotopic (exact) mass is 243 g/mol. The average Bonchev–Trinajstić information content (AvgIpc) is 3.01. The Hall–Kier alpha value is -1.91. The van der Waals surface area contributed by atoms with E-state index in [-0.39, 0.29) is 0 Å². The van der Waals surface area contributed by atoms with Crippen LogP contribution in [-0.2, 0) is 0 Å². The zero-order valence-electron chi connectivity index (χ0n) is 10.5. The van der Waals surface area contributed by atoms with E-state index in [1.54, 1.807) is 11.0 Å². The van der Waals surface area contributed by atoms with E-state index in [0.29, 0.717) is 6.04 Å². The molecule has 0 amide bonds. The lowest BCUT2D eigenvalue weighted by atomic mass is 10.1. The molecule has 94 valence electrons. The van der Waals surface area contributed by atoms with Crippen molar-refractivity contribution < 1.29 is 0 Å². The minimum atomic E-state index is 0.538. The number of hydrogen-bond donors (Lipinski definition) is 1. The van der Waals surface area contributed by atoms with E-state index in [2.05, 4.69) is 39.9 Å². The maximum absolute atomic E-state index is 3.86. The number of anilines is 1. The number of nitrogens with zero attached hydrogens (tertiary/aromatic N) is 4. The number of rotatable bonds is 5. The molecule has 0 spiro atoms. The Morgan fingerprint density at radius 3 is 2.72 bits per heavy atom. The van der Waals surface area contributed by atoms with Gasteiger partial charge in [0.2, 0.25) is 0 Å². The lowest BCUT2D eigenvalue weighted by Gasteiger charge is -2.15. The summed E-state index contributed by atoms with van der Waals surface area (Å²) in [6, 6.07) is 8.71. The molecule has 1 heterocycles. The van der Waals surface area contributed by atoms with Gasteiger partial charge in [-0.1, -0.05) is 12.8 Å². The van der Waals surface area contributed by atoms with Gasteiger partial charge in [-0.25, -0.2) is 4.68 Å². The highest BCUT2D eigenvalue weighted by atomic mass is 15.5. The van der Waals surface area contributed by atoms with Crippen LogP contribution in [0.25, 0.3) is 5.69 Å². The predicted octanol–water partition coefficient (Wildman–Crippen LogP) is 2.26. The Balaban J connectivity index is 1.63. The van der Waals surface area contributed by atoms with Gasteiger partial charge in [-0.2, -0.15) is 0 Å². The van der Waals surface area contributed by atoms with Crippen LogP contribution in [0.4, 0.5) is 5.69 Å². The van der Waals surface area contributed by atoms with Gasteiger partial charge < -0.3 is 5.32 Å². The molecule has 5 heteroatoms. The zero-order chi connectivity index (χ0) is 12.4. The van der Waals surface area contributed by atoms with Gasteiger partial charge in [-0.15, -0.1) is 5.10 Å². The molecule has 1 aromatic carbocycles. The fourth-order valence-corrected chi connectivity index (χ4v) is 2.19. The Kier molecular flexibility index (Phi) is 2.96. The summed E-state index contributed by atoms with van der Waals surface area (Å²) < 4.78 is 1.65. The maximum atomic E-state index is 3.86. The van der Waals surface area contributed by atoms with Gasteiger partial charge in [0.25, 0.3) is 0 Å². The van der Waals surface area contributed by atoms with E-state index in [0.717, 1.165) is 17.3 Å². The molecule has 3 rings (SSSR count). The van der Waals surface area contributed by atoms with Gasteiger partial charge in [-0.3, -0.25) is 0 Å². The summed E-state index contributed by atoms with van der Waals surface area (Å²) in [4.78, 5) is 0. The second-order valence-corrected chi connectivity index (χ2v) is 5.03. The molecule has 0 saturated heterocycles. The number of hydrogen-bond acceptors (Lipinski definition) is 4. The molecule has 1 aromatic heterocycles. The molecule has 1 saturated carbocycles. The van der Waals surface area contributed by atoms with Crippen molar-refractivity contribution in [1.82, 2.24) is 20.2 Å². The molecule has 2 aromatic rings. The van der Waals surface area contributed by atoms with Gasteiger partial charge in [0, 0.05) is 11.7 Å². The fraction of sp³-hybridized carbons (Fsp3) is 0.462. The first kappa shape index (κ1) is 11.2. The second kappa shape index (κ2) is 4.76. The number of benzene rings is 1. The molecule has 1 unspecified atom stereocenters. The van der Waals surface area contributed by atoms with Crippen LogP contribution in [0.5, 0.6) is 0 Å². The summed E-state index contributed by atoms with van der Waals surface area (Å²) >= 11 is 0. The van der Waals surface area contributed by atoms with Crippen molar-refractivity contribution in [1.29, 1.82) is 0 Å². The third kappa shape index (κ3) is 2.67. The fourth-order valence-electron chi connectivity index (χ4n) is 2.19. The standard InChI is InChI=1S/C13H17N5/c1-10(8-11-2-3-11)15-12-4-6-13(7-5-12)18-9-14-16-17-18/h4-7,9-11,15H,2-3,8H2,1H3. The van der Waals surface area contributed by atoms with Crippen molar-refractivity contribution in [3.8, 4) is 5.69 Å². The van der Waals surface area contributed by atoms with Crippen LogP contribution in [-0.4, -0.2) is 26.2 Å². The van der Waals surface area contributed by atoms with Crippen LogP contribution >= 0.6 is 0 Å². The molecule has 0 aliphatic heterocycles. The molecule has 1 atom stereocenters. The third-order valence-electron chi connectivity index (χ3n) is 3.28. The highest BCUT2D eigenvalue weighted by Crippen LogP contribution is 2.34. The lowest BCUT2D eigenvalue weighted by molar-refractivity contribution is 0.642. The highest BCUT2D eigenvalue weighted by Gasteiger charge is 2.23. The van der Waals surface area contributed by atoms with Gasteiger partial charge in [0.05, 0.1) is 5.69 Å². The first-order valence-electron chi connectivity index (χ1n) is 6.41. The molecule has 18 heavy (non-hydrogen) atoms. The molecule has 1 aliphatic rings. The molecule has 5 nitrogen and oxygen atoms in total. The van der Waals surface area contributed by atoms with Crippen molar-refractivity contribution in [3.63, 3.8) is 0 Å². The first-order chi connectivity index (χ1) is 8.81. The smallest absolute Gasteiger partial charge is 0.143 e. The van der Waals surface area contributed by atoms with Crippen molar-refractivity contribution in [2.45, 2.75) is 32.2 Å². The van der Waals surface area contributed by atoms with Crippen LogP contribution in [0.3, 0.4) is 0 Å². The van der Waals surface area contributed by atoms with Crippen molar-refractivity contribution in [3.05, 3.63) is 30.6 Å². The minimum Gasteiger partial charge on any atom is -0.383 e. The van der Waals surface area contributed by atoms with E-state index >= 15 is 0 Å². The van der Waals surface area contributed by atoms with E-state index in [9.17, 15) is 0 Å². The SMILES string of the molecule is CC(CC1CC1)Nc1ccc(-n2cnnn2)cc1. The molecular weight excluding hydrogens is 226 g/mol. The molecule has 1 fully saturated rings. The topological polar surface area (TPSA) is 55.6 Å². The van der Waals surface area contributed by atoms with E-state index in [1.165, 1.54) is 19.3 Å². The second-order valence-electron chi connectivity index (χ2n) is 5.03. The molecule has 0 bridgehead atoms. The zero-order valence-corrected chi connectivity index (χ0v) is 10.5. The quantitative estimate of drug-likeness (QED) is 0.875. The van der Waals surface area contributed by atoms with Crippen molar-refractivity contribution in [2.24, 2.45) is 5.92 Å². The van der Waals surface area contributed by atoms with Crippen LogP contribution in [0.15, 0.2) is 30.6 Å². The van der Waals surface area contributed by atoms with E-state index in [1.807, 2.05) is 12.1 Å². The summed E-state index contributed by atoms with van der Waals surface area (Å²) in [6.07, 6.45) is 5.68. The Bertz CT molecular complexity index is 487. The number of tetrazole rings is 1. The van der Waals surface area contributed by atoms with Crippen LogP contribution in [0, 0.1) is 5.92 Å². The highest BCUT2D eigenvalue weighted by molar-refractivity contribution is 5.48. The summed E-state index contributed by atoms with van der Waals surface area (Å²) in [5, 5.41) is 14.6. The summed E-state index contributed by atoms with van der Waals surface area (Å²) in [7, 11) is 0. The van der Waals surface area contributed by atoms with Crippen LogP contribution < -0.4 is 5.32 Å². The molecule has 0 radical (unpaired) electrons. The Morgan fingerprint density at radius 1 is 1.33 bits per heavy atom. The predicted molar refractivity (Wildman–Crippen MR) is 69.6 cm³/mol. The minimum absolute atomic E-state index is 0.538. The summed E-state index contributed by atoms with van der Waals surface area (Å²) in [6.45, 7) is 2.24. The summed E-state index contributed by atoms with van der Waals surface area (Å²) in [5.41, 5.74) is 2.13. The van der Waals surface area contributed by atoms with Gasteiger partial charge >= 0.3 is 0 Å². The van der Waals surface area contributed by atoms with Gasteiger partial charge in [0.15, 0.2) is 0 Å². The number of nitrogens with one attached hydrogen (secondary N) is 1. The maximum Gasteiger partial charge on any atom is 0.143 e. The van der Waals surface area contributed by atoms with Gasteiger partial charge in [-0.05, 0) is 54.0 Å². The third-order valence-corrected chi connectivity index (χ3v) is 3.28. The largest absolute Gasteiger partial charge is 0.383 e. The van der Waals surface area contributed by atoms with E-state index < -0.39 is 0 Å². The normalized spacial score (nSPS) is 16.5. The van der Waals surface area contributed by atoms with Crippen molar-refractivity contribution in [2.75, 3.05) is 5.32 Å². The summed E-state index contributed by atoms with van der Waals surface area (Å²) in [5.74, 6) is 0.952. The van der Waals surface area contributed by atoms with Crippen LogP contribution in [0.2, 0.25) is 0 Å². The van der Waals surface area contributed by atoms with Gasteiger partial charge in [0.1, 0.15) is 6.33 Å². The van der Waals surface area contributed by atoms with Crippen molar-refractivity contribution >= 4 is 5.69 Å². The Labute approximate surface area is 106 Å². The first-order valence-corrected chi connectivity index (χ1v) is 6.41. The average molecular weight is 243 g/mol. The Morgan fingerprint density at radius 2 is 2.11 bits per heavy atom.